The number of imidazole rings is 1. The van der Waals surface area contributed by atoms with Crippen molar-refractivity contribution in [3.63, 3.8) is 0 Å². The van der Waals surface area contributed by atoms with Gasteiger partial charge in [-0.05, 0) is 37.4 Å². The Morgan fingerprint density at radius 3 is 2.92 bits per heavy atom. The second-order valence-electron chi connectivity index (χ2n) is 7.87. The van der Waals surface area contributed by atoms with Crippen LogP contribution in [0, 0.1) is 5.41 Å². The van der Waals surface area contributed by atoms with Crippen LogP contribution in [0.2, 0.25) is 0 Å². The van der Waals surface area contributed by atoms with Crippen LogP contribution in [0.5, 0.6) is 0 Å². The van der Waals surface area contributed by atoms with Crippen LogP contribution < -0.4 is 0 Å². The summed E-state index contributed by atoms with van der Waals surface area (Å²) in [7, 11) is 2.05. The Morgan fingerprint density at radius 2 is 2.15 bits per heavy atom. The first-order chi connectivity index (χ1) is 12.6. The molecule has 0 aromatic carbocycles. The molecule has 0 bridgehead atoms. The predicted molar refractivity (Wildman–Crippen MR) is 99.3 cm³/mol. The molecule has 1 spiro atoms. The molecule has 4 heterocycles. The van der Waals surface area contributed by atoms with Crippen LogP contribution >= 0.6 is 0 Å². The molecular formula is C20H27N5O. The van der Waals surface area contributed by atoms with E-state index in [4.69, 9.17) is 0 Å². The molecule has 0 radical (unpaired) electrons. The molecule has 1 atom stereocenters. The van der Waals surface area contributed by atoms with Crippen molar-refractivity contribution in [1.82, 2.24) is 24.3 Å². The fraction of sp³-hybridized carbons (Fsp3) is 0.550. The van der Waals surface area contributed by atoms with Crippen LogP contribution in [-0.2, 0) is 24.8 Å². The molecule has 2 aromatic rings. The van der Waals surface area contributed by atoms with Crippen LogP contribution in [0.25, 0.3) is 0 Å². The van der Waals surface area contributed by atoms with Gasteiger partial charge in [0.05, 0.1) is 13.0 Å². The zero-order valence-electron chi connectivity index (χ0n) is 15.5. The largest absolute Gasteiger partial charge is 0.342 e. The quantitative estimate of drug-likeness (QED) is 0.842. The van der Waals surface area contributed by atoms with Crippen molar-refractivity contribution in [3.8, 4) is 0 Å². The molecule has 6 heteroatoms. The van der Waals surface area contributed by atoms with E-state index in [1.165, 1.54) is 12.8 Å². The highest BCUT2D eigenvalue weighted by atomic mass is 16.2. The monoisotopic (exact) mass is 353 g/mol. The molecule has 6 nitrogen and oxygen atoms in total. The van der Waals surface area contributed by atoms with Gasteiger partial charge >= 0.3 is 0 Å². The minimum absolute atomic E-state index is 0.236. The van der Waals surface area contributed by atoms with Gasteiger partial charge in [-0.15, -0.1) is 0 Å². The van der Waals surface area contributed by atoms with Crippen molar-refractivity contribution in [3.05, 3.63) is 48.3 Å². The number of aromatic nitrogens is 3. The van der Waals surface area contributed by atoms with Crippen molar-refractivity contribution < 1.29 is 4.79 Å². The van der Waals surface area contributed by atoms with Gasteiger partial charge in [-0.25, -0.2) is 4.98 Å². The van der Waals surface area contributed by atoms with E-state index in [-0.39, 0.29) is 11.3 Å². The number of carbonyl (C=O) groups excluding carboxylic acids is 1. The van der Waals surface area contributed by atoms with Crippen molar-refractivity contribution in [1.29, 1.82) is 0 Å². The molecule has 2 aliphatic rings. The fourth-order valence-electron chi connectivity index (χ4n) is 4.45. The number of pyridine rings is 1. The van der Waals surface area contributed by atoms with Gasteiger partial charge < -0.3 is 9.47 Å². The van der Waals surface area contributed by atoms with Gasteiger partial charge in [-0.1, -0.05) is 6.07 Å². The number of piperidine rings is 1. The third kappa shape index (κ3) is 3.65. The van der Waals surface area contributed by atoms with Gasteiger partial charge in [-0.2, -0.15) is 0 Å². The Morgan fingerprint density at radius 1 is 1.23 bits per heavy atom. The standard InChI is InChI=1S/C20H27N5O/c1-23-11-8-22-18(23)14-24-10-6-20(15-24)5-3-9-25(16-20)19(26)12-17-4-2-7-21-13-17/h2,4,7-8,11,13H,3,5-6,9-10,12,14-16H2,1H3. The summed E-state index contributed by atoms with van der Waals surface area (Å²) < 4.78 is 2.09. The normalized spacial score (nSPS) is 23.7. The Bertz CT molecular complexity index is 759. The molecule has 0 N–H and O–H groups in total. The highest BCUT2D eigenvalue weighted by Gasteiger charge is 2.42. The minimum Gasteiger partial charge on any atom is -0.342 e. The number of likely N-dealkylation sites (tertiary alicyclic amines) is 2. The van der Waals surface area contributed by atoms with Crippen molar-refractivity contribution >= 4 is 5.91 Å². The van der Waals surface area contributed by atoms with Crippen molar-refractivity contribution in [2.24, 2.45) is 12.5 Å². The maximum atomic E-state index is 12.8. The van der Waals surface area contributed by atoms with E-state index in [0.717, 1.165) is 50.5 Å². The molecule has 1 unspecified atom stereocenters. The van der Waals surface area contributed by atoms with Crippen molar-refractivity contribution in [2.45, 2.75) is 32.2 Å². The van der Waals surface area contributed by atoms with E-state index < -0.39 is 0 Å². The van der Waals surface area contributed by atoms with Gasteiger partial charge in [-0.3, -0.25) is 14.7 Å². The second kappa shape index (κ2) is 7.19. The lowest BCUT2D eigenvalue weighted by Gasteiger charge is -2.40. The first kappa shape index (κ1) is 17.2. The summed E-state index contributed by atoms with van der Waals surface area (Å²) >= 11 is 0. The number of hydrogen-bond donors (Lipinski definition) is 0. The molecule has 1 amide bonds. The third-order valence-corrected chi connectivity index (χ3v) is 5.90. The Balaban J connectivity index is 1.37. The molecule has 2 saturated heterocycles. The number of hydrogen-bond acceptors (Lipinski definition) is 4. The average Bonchev–Trinajstić information content (AvgIpc) is 3.23. The van der Waals surface area contributed by atoms with Gasteiger partial charge in [0.15, 0.2) is 0 Å². The van der Waals surface area contributed by atoms with E-state index in [1.807, 2.05) is 31.6 Å². The SMILES string of the molecule is Cn1ccnc1CN1CCC2(CCCN(C(=O)Cc3cccnc3)C2)C1. The fourth-order valence-corrected chi connectivity index (χ4v) is 4.45. The van der Waals surface area contributed by atoms with E-state index >= 15 is 0 Å². The summed E-state index contributed by atoms with van der Waals surface area (Å²) in [5, 5.41) is 0. The van der Waals surface area contributed by atoms with Gasteiger partial charge in [0.2, 0.25) is 5.91 Å². The van der Waals surface area contributed by atoms with E-state index in [9.17, 15) is 4.79 Å². The summed E-state index contributed by atoms with van der Waals surface area (Å²) in [6.07, 6.45) is 11.4. The summed E-state index contributed by atoms with van der Waals surface area (Å²) in [6.45, 7) is 4.84. The number of nitrogens with zero attached hydrogens (tertiary/aromatic N) is 5. The molecule has 2 aliphatic heterocycles. The topological polar surface area (TPSA) is 54.3 Å². The molecule has 26 heavy (non-hydrogen) atoms. The van der Waals surface area contributed by atoms with Crippen LogP contribution in [0.3, 0.4) is 0 Å². The molecule has 2 fully saturated rings. The number of carbonyl (C=O) groups is 1. The summed E-state index contributed by atoms with van der Waals surface area (Å²) in [6, 6.07) is 3.88. The predicted octanol–water partition coefficient (Wildman–Crippen LogP) is 1.87. The molecule has 2 aromatic heterocycles. The lowest BCUT2D eigenvalue weighted by Crippen LogP contribution is -2.47. The van der Waals surface area contributed by atoms with Crippen LogP contribution in [-0.4, -0.2) is 56.4 Å². The van der Waals surface area contributed by atoms with Gasteiger partial charge in [0.25, 0.3) is 0 Å². The third-order valence-electron chi connectivity index (χ3n) is 5.90. The molecule has 0 aliphatic carbocycles. The molecule has 0 saturated carbocycles. The van der Waals surface area contributed by atoms with Gasteiger partial charge in [0.1, 0.15) is 5.82 Å². The highest BCUT2D eigenvalue weighted by molar-refractivity contribution is 5.78. The Hall–Kier alpha value is -2.21. The maximum absolute atomic E-state index is 12.8. The van der Waals surface area contributed by atoms with Gasteiger partial charge in [0, 0.05) is 56.9 Å². The van der Waals surface area contributed by atoms with Crippen molar-refractivity contribution in [2.75, 3.05) is 26.2 Å². The lowest BCUT2D eigenvalue weighted by atomic mass is 9.79. The summed E-state index contributed by atoms with van der Waals surface area (Å²) in [5.41, 5.74) is 1.26. The zero-order chi connectivity index (χ0) is 18.0. The second-order valence-corrected chi connectivity index (χ2v) is 7.87. The van der Waals surface area contributed by atoms with Crippen LogP contribution in [0.1, 0.15) is 30.7 Å². The maximum Gasteiger partial charge on any atom is 0.227 e. The van der Waals surface area contributed by atoms with Crippen LogP contribution in [0.4, 0.5) is 0 Å². The van der Waals surface area contributed by atoms with E-state index in [0.29, 0.717) is 6.42 Å². The first-order valence-electron chi connectivity index (χ1n) is 9.49. The Labute approximate surface area is 154 Å². The lowest BCUT2D eigenvalue weighted by molar-refractivity contribution is -0.133. The van der Waals surface area contributed by atoms with E-state index in [2.05, 4.69) is 24.3 Å². The summed E-state index contributed by atoms with van der Waals surface area (Å²) in [5.74, 6) is 1.35. The number of amides is 1. The smallest absolute Gasteiger partial charge is 0.227 e. The molecule has 138 valence electrons. The number of rotatable bonds is 4. The first-order valence-corrected chi connectivity index (χ1v) is 9.49. The summed E-state index contributed by atoms with van der Waals surface area (Å²) in [4.78, 5) is 25.9. The highest BCUT2D eigenvalue weighted by Crippen LogP contribution is 2.39. The average molecular weight is 353 g/mol. The zero-order valence-corrected chi connectivity index (χ0v) is 15.5. The molecular weight excluding hydrogens is 326 g/mol. The number of aryl methyl sites for hydroxylation is 1. The van der Waals surface area contributed by atoms with E-state index in [1.54, 1.807) is 12.4 Å². The molecule has 4 rings (SSSR count). The van der Waals surface area contributed by atoms with Crippen LogP contribution in [0.15, 0.2) is 36.9 Å². The Kier molecular flexibility index (Phi) is 4.76. The minimum atomic E-state index is 0.236.